The van der Waals surface area contributed by atoms with Gasteiger partial charge in [0.1, 0.15) is 0 Å². The molecule has 0 aliphatic heterocycles. The molecular weight excluding hydrogens is 124 g/mol. The standard InChI is InChI=1S/C8H12N2/c1-6(2)10-5-9-7(3)8(10)4/h5-6H,3-4H2,1-2H3. The predicted molar refractivity (Wildman–Crippen MR) is 42.9 cm³/mol. The topological polar surface area (TPSA) is 17.8 Å². The van der Waals surface area contributed by atoms with Gasteiger partial charge >= 0.3 is 0 Å². The number of hydrogen-bond donors (Lipinski definition) is 0. The lowest BCUT2D eigenvalue weighted by Gasteiger charge is -2.04. The van der Waals surface area contributed by atoms with Crippen LogP contribution in [0.3, 0.4) is 0 Å². The summed E-state index contributed by atoms with van der Waals surface area (Å²) < 4.78 is 2.00. The normalized spacial score (nSPS) is 10.7. The highest BCUT2D eigenvalue weighted by Crippen LogP contribution is 1.94. The van der Waals surface area contributed by atoms with Crippen LogP contribution in [0.5, 0.6) is 0 Å². The highest BCUT2D eigenvalue weighted by molar-refractivity contribution is 5.04. The molecule has 1 heterocycles. The van der Waals surface area contributed by atoms with Crippen LogP contribution >= 0.6 is 0 Å². The first kappa shape index (κ1) is 7.06. The van der Waals surface area contributed by atoms with E-state index in [1.807, 2.05) is 4.57 Å². The van der Waals surface area contributed by atoms with Crippen LogP contribution < -0.4 is 10.7 Å². The fourth-order valence-corrected chi connectivity index (χ4v) is 0.870. The van der Waals surface area contributed by atoms with Gasteiger partial charge in [0.15, 0.2) is 0 Å². The van der Waals surface area contributed by atoms with E-state index in [9.17, 15) is 0 Å². The van der Waals surface area contributed by atoms with Crippen LogP contribution in [-0.2, 0) is 0 Å². The van der Waals surface area contributed by atoms with Gasteiger partial charge in [-0.05, 0) is 13.8 Å². The molecule has 2 heteroatoms. The molecule has 0 amide bonds. The SMILES string of the molecule is C=c1ncn(C(C)C)c1=C. The number of nitrogens with zero attached hydrogens (tertiary/aromatic N) is 2. The monoisotopic (exact) mass is 136 g/mol. The second-order valence-electron chi connectivity index (χ2n) is 2.64. The molecule has 1 aromatic heterocycles. The van der Waals surface area contributed by atoms with Crippen LogP contribution in [0, 0.1) is 0 Å². The van der Waals surface area contributed by atoms with Crippen molar-refractivity contribution in [2.45, 2.75) is 19.9 Å². The summed E-state index contributed by atoms with van der Waals surface area (Å²) in [4.78, 5) is 4.03. The molecule has 0 saturated carbocycles. The lowest BCUT2D eigenvalue weighted by Crippen LogP contribution is -2.28. The molecule has 0 spiro atoms. The summed E-state index contributed by atoms with van der Waals surface area (Å²) in [6.07, 6.45) is 1.77. The minimum Gasteiger partial charge on any atom is -0.329 e. The van der Waals surface area contributed by atoms with E-state index < -0.39 is 0 Å². The van der Waals surface area contributed by atoms with E-state index in [4.69, 9.17) is 0 Å². The van der Waals surface area contributed by atoms with Crippen molar-refractivity contribution in [1.82, 2.24) is 9.55 Å². The average molecular weight is 136 g/mol. The fraction of sp³-hybridized carbons (Fsp3) is 0.375. The molecular formula is C8H12N2. The molecule has 1 aromatic rings. The first-order valence-corrected chi connectivity index (χ1v) is 3.33. The first-order valence-electron chi connectivity index (χ1n) is 3.33. The van der Waals surface area contributed by atoms with E-state index in [2.05, 4.69) is 32.0 Å². The second-order valence-corrected chi connectivity index (χ2v) is 2.64. The predicted octanol–water partition coefficient (Wildman–Crippen LogP) is 0.285. The maximum Gasteiger partial charge on any atom is 0.0960 e. The van der Waals surface area contributed by atoms with Crippen molar-refractivity contribution in [2.24, 2.45) is 0 Å². The third-order valence-corrected chi connectivity index (χ3v) is 1.54. The summed E-state index contributed by atoms with van der Waals surface area (Å²) >= 11 is 0. The van der Waals surface area contributed by atoms with Gasteiger partial charge in [0.05, 0.1) is 17.0 Å². The highest BCUT2D eigenvalue weighted by Gasteiger charge is 1.96. The van der Waals surface area contributed by atoms with Crippen molar-refractivity contribution in [3.63, 3.8) is 0 Å². The number of aromatic nitrogens is 2. The van der Waals surface area contributed by atoms with Gasteiger partial charge in [-0.2, -0.15) is 0 Å². The van der Waals surface area contributed by atoms with Crippen LogP contribution in [0.4, 0.5) is 0 Å². The lowest BCUT2D eigenvalue weighted by atomic mass is 10.4. The molecule has 0 saturated heterocycles. The lowest BCUT2D eigenvalue weighted by molar-refractivity contribution is 0.586. The smallest absolute Gasteiger partial charge is 0.0960 e. The summed E-state index contributed by atoms with van der Waals surface area (Å²) in [5.41, 5.74) is 0. The Labute approximate surface area is 60.5 Å². The van der Waals surface area contributed by atoms with Gasteiger partial charge in [-0.25, -0.2) is 4.98 Å². The number of imidazole rings is 1. The average Bonchev–Trinajstić information content (AvgIpc) is 2.14. The Hall–Kier alpha value is -1.05. The van der Waals surface area contributed by atoms with Crippen LogP contribution in [0.15, 0.2) is 6.33 Å². The Balaban J connectivity index is 3.32. The summed E-state index contributed by atoms with van der Waals surface area (Å²) in [5, 5.41) is 1.68. The summed E-state index contributed by atoms with van der Waals surface area (Å²) in [7, 11) is 0. The molecule has 2 nitrogen and oxygen atoms in total. The van der Waals surface area contributed by atoms with Crippen molar-refractivity contribution in [2.75, 3.05) is 0 Å². The summed E-state index contributed by atoms with van der Waals surface area (Å²) in [6.45, 7) is 11.8. The molecule has 0 N–H and O–H groups in total. The molecule has 10 heavy (non-hydrogen) atoms. The summed E-state index contributed by atoms with van der Waals surface area (Å²) in [6, 6.07) is 0.426. The first-order chi connectivity index (χ1) is 4.63. The van der Waals surface area contributed by atoms with Crippen molar-refractivity contribution >= 4 is 13.2 Å². The van der Waals surface area contributed by atoms with Gasteiger partial charge < -0.3 is 4.57 Å². The molecule has 0 aliphatic rings. The van der Waals surface area contributed by atoms with E-state index in [1.165, 1.54) is 0 Å². The van der Waals surface area contributed by atoms with Crippen LogP contribution in [0.1, 0.15) is 19.9 Å². The van der Waals surface area contributed by atoms with Crippen molar-refractivity contribution in [3.05, 3.63) is 17.0 Å². The Bertz CT molecular complexity index is 308. The Morgan fingerprint density at radius 1 is 1.50 bits per heavy atom. The maximum atomic E-state index is 4.03. The third-order valence-electron chi connectivity index (χ3n) is 1.54. The molecule has 0 atom stereocenters. The molecule has 0 radical (unpaired) electrons. The zero-order valence-corrected chi connectivity index (χ0v) is 6.46. The molecule has 0 aromatic carbocycles. The zero-order valence-electron chi connectivity index (χ0n) is 6.46. The summed E-state index contributed by atoms with van der Waals surface area (Å²) in [5.74, 6) is 0. The molecule has 0 aliphatic carbocycles. The Morgan fingerprint density at radius 3 is 2.30 bits per heavy atom. The molecule has 0 unspecified atom stereocenters. The molecule has 54 valence electrons. The number of rotatable bonds is 1. The van der Waals surface area contributed by atoms with Crippen molar-refractivity contribution in [3.8, 4) is 0 Å². The quantitative estimate of drug-likeness (QED) is 0.542. The van der Waals surface area contributed by atoms with Crippen LogP contribution in [0.25, 0.3) is 13.2 Å². The van der Waals surface area contributed by atoms with E-state index in [0.29, 0.717) is 6.04 Å². The third kappa shape index (κ3) is 0.967. The van der Waals surface area contributed by atoms with E-state index in [1.54, 1.807) is 6.33 Å². The van der Waals surface area contributed by atoms with Crippen LogP contribution in [0.2, 0.25) is 0 Å². The van der Waals surface area contributed by atoms with Crippen LogP contribution in [-0.4, -0.2) is 9.55 Å². The minimum atomic E-state index is 0.426. The Kier molecular flexibility index (Phi) is 1.62. The van der Waals surface area contributed by atoms with Gasteiger partial charge in [-0.15, -0.1) is 0 Å². The number of hydrogen-bond acceptors (Lipinski definition) is 1. The van der Waals surface area contributed by atoms with E-state index in [-0.39, 0.29) is 0 Å². The minimum absolute atomic E-state index is 0.426. The fourth-order valence-electron chi connectivity index (χ4n) is 0.870. The highest BCUT2D eigenvalue weighted by atomic mass is 15.1. The van der Waals surface area contributed by atoms with Gasteiger partial charge in [-0.3, -0.25) is 0 Å². The van der Waals surface area contributed by atoms with Gasteiger partial charge in [-0.1, -0.05) is 13.2 Å². The van der Waals surface area contributed by atoms with Crippen molar-refractivity contribution < 1.29 is 0 Å². The zero-order chi connectivity index (χ0) is 7.72. The molecule has 1 rings (SSSR count). The maximum absolute atomic E-state index is 4.03. The van der Waals surface area contributed by atoms with Gasteiger partial charge in [0.2, 0.25) is 0 Å². The van der Waals surface area contributed by atoms with Gasteiger partial charge in [0, 0.05) is 6.04 Å². The largest absolute Gasteiger partial charge is 0.329 e. The Morgan fingerprint density at radius 2 is 2.10 bits per heavy atom. The van der Waals surface area contributed by atoms with E-state index in [0.717, 1.165) is 10.7 Å². The van der Waals surface area contributed by atoms with Crippen molar-refractivity contribution in [1.29, 1.82) is 0 Å². The van der Waals surface area contributed by atoms with E-state index >= 15 is 0 Å². The van der Waals surface area contributed by atoms with Gasteiger partial charge in [0.25, 0.3) is 0 Å². The molecule has 0 bridgehead atoms. The molecule has 0 fully saturated rings. The second kappa shape index (κ2) is 2.29.